The van der Waals surface area contributed by atoms with Crippen LogP contribution in [0, 0.1) is 13.8 Å². The fourth-order valence-corrected chi connectivity index (χ4v) is 2.71. The smallest absolute Gasteiger partial charge is 0.233 e. The van der Waals surface area contributed by atoms with Crippen LogP contribution in [0.5, 0.6) is 0 Å². The molecule has 3 nitrogen and oxygen atoms in total. The second kappa shape index (κ2) is 6.44. The first-order valence-electron chi connectivity index (χ1n) is 6.64. The Morgan fingerprint density at radius 3 is 2.57 bits per heavy atom. The highest BCUT2D eigenvalue weighted by Crippen LogP contribution is 2.26. The molecule has 3 rings (SSSR count). The molecule has 0 amide bonds. The minimum absolute atomic E-state index is 0. The Hall–Kier alpha value is -0.950. The molecule has 0 unspecified atom stereocenters. The van der Waals surface area contributed by atoms with Gasteiger partial charge < -0.3 is 28.4 Å². The fraction of sp³-hybridized carbons (Fsp3) is 0.250. The highest BCUT2D eigenvalue weighted by molar-refractivity contribution is 9.10. The highest BCUT2D eigenvalue weighted by atomic mass is 127. The maximum atomic E-state index is 5.90. The third-order valence-corrected chi connectivity index (χ3v) is 3.94. The van der Waals surface area contributed by atoms with Gasteiger partial charge in [0.15, 0.2) is 18.0 Å². The number of fused-ring (bicyclic) bond motifs is 1. The van der Waals surface area contributed by atoms with E-state index in [1.807, 2.05) is 18.3 Å². The molecule has 3 aromatic rings. The molecule has 0 saturated carbocycles. The van der Waals surface area contributed by atoms with Crippen LogP contribution in [0.15, 0.2) is 39.5 Å². The Kier molecular flexibility index (Phi) is 5.03. The zero-order chi connectivity index (χ0) is 14.3. The van der Waals surface area contributed by atoms with Crippen molar-refractivity contribution in [3.05, 3.63) is 46.2 Å². The van der Waals surface area contributed by atoms with Gasteiger partial charge in [0.05, 0.1) is 4.47 Å². The van der Waals surface area contributed by atoms with Crippen molar-refractivity contribution >= 4 is 27.0 Å². The predicted octanol–water partition coefficient (Wildman–Crippen LogP) is 1.19. The first-order chi connectivity index (χ1) is 9.56. The van der Waals surface area contributed by atoms with Crippen LogP contribution in [-0.2, 0) is 6.54 Å². The number of hydrogen-bond donors (Lipinski definition) is 0. The number of nitrogens with zero attached hydrogens (tertiary/aromatic N) is 2. The van der Waals surface area contributed by atoms with E-state index in [1.54, 1.807) is 0 Å². The van der Waals surface area contributed by atoms with Crippen molar-refractivity contribution in [3.63, 3.8) is 0 Å². The Morgan fingerprint density at radius 1 is 1.14 bits per heavy atom. The molecule has 0 aliphatic heterocycles. The molecule has 2 heterocycles. The molecule has 110 valence electrons. The molecular formula is C16H16BrIN2O. The summed E-state index contributed by atoms with van der Waals surface area (Å²) in [7, 11) is 0. The molecule has 0 aliphatic rings. The molecule has 0 bridgehead atoms. The third-order valence-electron chi connectivity index (χ3n) is 3.50. The summed E-state index contributed by atoms with van der Waals surface area (Å²) < 4.78 is 9.02. The maximum absolute atomic E-state index is 5.90. The lowest BCUT2D eigenvalue weighted by atomic mass is 10.1. The molecule has 0 spiro atoms. The topological polar surface area (TPSA) is 29.9 Å². The minimum atomic E-state index is 0. The molecule has 0 saturated heterocycles. The summed E-state index contributed by atoms with van der Waals surface area (Å²) in [6.07, 6.45) is 4.09. The number of hydrogen-bond acceptors (Lipinski definition) is 2. The van der Waals surface area contributed by atoms with Gasteiger partial charge in [-0.1, -0.05) is 0 Å². The quantitative estimate of drug-likeness (QED) is 0.426. The number of pyridine rings is 1. The summed E-state index contributed by atoms with van der Waals surface area (Å²) >= 11 is 3.53. The molecule has 0 aliphatic carbocycles. The molecule has 1 aromatic carbocycles. The van der Waals surface area contributed by atoms with Gasteiger partial charge in [0.1, 0.15) is 17.6 Å². The molecular weight excluding hydrogens is 443 g/mol. The van der Waals surface area contributed by atoms with Crippen molar-refractivity contribution in [2.75, 3.05) is 0 Å². The second-order valence-electron chi connectivity index (χ2n) is 5.00. The third kappa shape index (κ3) is 3.29. The van der Waals surface area contributed by atoms with E-state index in [4.69, 9.17) is 4.42 Å². The van der Waals surface area contributed by atoms with Gasteiger partial charge in [-0.05, 0) is 66.0 Å². The SMILES string of the molecule is CC[n+]1cc(Br)cc(-c2nc3cc(C)c(C)cc3o2)c1.[I-]. The van der Waals surface area contributed by atoms with Crippen LogP contribution < -0.4 is 28.5 Å². The van der Waals surface area contributed by atoms with Gasteiger partial charge in [0.2, 0.25) is 5.89 Å². The summed E-state index contributed by atoms with van der Waals surface area (Å²) in [5.74, 6) is 0.661. The van der Waals surface area contributed by atoms with Crippen molar-refractivity contribution in [2.45, 2.75) is 27.3 Å². The number of benzene rings is 1. The van der Waals surface area contributed by atoms with Crippen molar-refractivity contribution < 1.29 is 33.0 Å². The summed E-state index contributed by atoms with van der Waals surface area (Å²) in [5, 5.41) is 0. The van der Waals surface area contributed by atoms with Crippen molar-refractivity contribution in [3.8, 4) is 11.5 Å². The number of aromatic nitrogens is 2. The molecule has 0 atom stereocenters. The first-order valence-corrected chi connectivity index (χ1v) is 7.44. The molecule has 2 aromatic heterocycles. The normalized spacial score (nSPS) is 10.7. The number of oxazole rings is 1. The number of aryl methyl sites for hydroxylation is 3. The van der Waals surface area contributed by atoms with Gasteiger partial charge >= 0.3 is 0 Å². The molecule has 0 fully saturated rings. The van der Waals surface area contributed by atoms with Crippen LogP contribution in [0.2, 0.25) is 0 Å². The Labute approximate surface area is 149 Å². The lowest BCUT2D eigenvalue weighted by Gasteiger charge is -1.97. The minimum Gasteiger partial charge on any atom is -1.00 e. The zero-order valence-corrected chi connectivity index (χ0v) is 15.9. The van der Waals surface area contributed by atoms with Crippen molar-refractivity contribution in [2.24, 2.45) is 0 Å². The zero-order valence-electron chi connectivity index (χ0n) is 12.2. The van der Waals surface area contributed by atoms with Crippen LogP contribution in [0.25, 0.3) is 22.6 Å². The number of halogens is 2. The molecule has 0 N–H and O–H groups in total. The molecule has 0 radical (unpaired) electrons. The van der Waals surface area contributed by atoms with Gasteiger partial charge in [-0.25, -0.2) is 9.55 Å². The van der Waals surface area contributed by atoms with Gasteiger partial charge in [-0.2, -0.15) is 0 Å². The first kappa shape index (κ1) is 16.4. The van der Waals surface area contributed by atoms with E-state index < -0.39 is 0 Å². The van der Waals surface area contributed by atoms with E-state index in [2.05, 4.69) is 58.5 Å². The van der Waals surface area contributed by atoms with Gasteiger partial charge in [0.25, 0.3) is 0 Å². The van der Waals surface area contributed by atoms with Gasteiger partial charge in [-0.15, -0.1) is 0 Å². The summed E-state index contributed by atoms with van der Waals surface area (Å²) in [4.78, 5) is 4.60. The summed E-state index contributed by atoms with van der Waals surface area (Å²) in [5.41, 5.74) is 5.18. The highest BCUT2D eigenvalue weighted by Gasteiger charge is 2.14. The average molecular weight is 459 g/mol. The standard InChI is InChI=1S/C16H16BrN2O.HI/c1-4-19-8-12(7-13(17)9-19)16-18-14-5-10(2)11(3)6-15(14)20-16;/h5-9H,4H2,1-3H3;1H/q+1;/p-1. The van der Waals surface area contributed by atoms with Crippen LogP contribution in [0.4, 0.5) is 0 Å². The van der Waals surface area contributed by atoms with E-state index in [-0.39, 0.29) is 24.0 Å². The summed E-state index contributed by atoms with van der Waals surface area (Å²) in [6.45, 7) is 7.19. The Morgan fingerprint density at radius 2 is 1.86 bits per heavy atom. The van der Waals surface area contributed by atoms with Crippen LogP contribution in [0.3, 0.4) is 0 Å². The van der Waals surface area contributed by atoms with Crippen LogP contribution >= 0.6 is 15.9 Å². The Bertz CT molecular complexity index is 759. The van der Waals surface area contributed by atoms with Crippen molar-refractivity contribution in [1.29, 1.82) is 0 Å². The number of rotatable bonds is 2. The lowest BCUT2D eigenvalue weighted by Crippen LogP contribution is -3.00. The largest absolute Gasteiger partial charge is 1.00 e. The van der Waals surface area contributed by atoms with Gasteiger partial charge in [-0.3, -0.25) is 0 Å². The summed E-state index contributed by atoms with van der Waals surface area (Å²) in [6, 6.07) is 6.15. The monoisotopic (exact) mass is 458 g/mol. The lowest BCUT2D eigenvalue weighted by molar-refractivity contribution is -0.693. The van der Waals surface area contributed by atoms with Crippen LogP contribution in [0.1, 0.15) is 18.1 Å². The Balaban J connectivity index is 0.00000161. The maximum Gasteiger partial charge on any atom is 0.233 e. The average Bonchev–Trinajstić information content (AvgIpc) is 2.81. The second-order valence-corrected chi connectivity index (χ2v) is 5.91. The fourth-order valence-electron chi connectivity index (χ4n) is 2.20. The van der Waals surface area contributed by atoms with E-state index in [1.165, 1.54) is 11.1 Å². The predicted molar refractivity (Wildman–Crippen MR) is 82.5 cm³/mol. The van der Waals surface area contributed by atoms with E-state index in [0.717, 1.165) is 27.7 Å². The van der Waals surface area contributed by atoms with E-state index >= 15 is 0 Å². The van der Waals surface area contributed by atoms with Crippen LogP contribution in [-0.4, -0.2) is 4.98 Å². The molecule has 5 heteroatoms. The molecule has 21 heavy (non-hydrogen) atoms. The van der Waals surface area contributed by atoms with Crippen molar-refractivity contribution in [1.82, 2.24) is 4.98 Å². The van der Waals surface area contributed by atoms with E-state index in [0.29, 0.717) is 5.89 Å². The van der Waals surface area contributed by atoms with Gasteiger partial charge in [0, 0.05) is 0 Å². The van der Waals surface area contributed by atoms with E-state index in [9.17, 15) is 0 Å².